The fourth-order valence-electron chi connectivity index (χ4n) is 2.33. The largest absolute Gasteiger partial charge is 0.478 e. The molecule has 0 atom stereocenters. The summed E-state index contributed by atoms with van der Waals surface area (Å²) in [7, 11) is 1.77. The van der Waals surface area contributed by atoms with Gasteiger partial charge in [0.05, 0.1) is 5.56 Å². The predicted molar refractivity (Wildman–Crippen MR) is 71.6 cm³/mol. The predicted octanol–water partition coefficient (Wildman–Crippen LogP) is 1.05. The molecular formula is C13H15N5O2. The van der Waals surface area contributed by atoms with Crippen LogP contribution in [0.3, 0.4) is 0 Å². The highest BCUT2D eigenvalue weighted by Crippen LogP contribution is 2.48. The van der Waals surface area contributed by atoms with Crippen molar-refractivity contribution in [2.75, 3.05) is 11.9 Å². The Morgan fingerprint density at radius 2 is 2.30 bits per heavy atom. The molecule has 0 radical (unpaired) electrons. The van der Waals surface area contributed by atoms with Crippen molar-refractivity contribution in [2.45, 2.75) is 18.3 Å². The first kappa shape index (κ1) is 12.6. The van der Waals surface area contributed by atoms with Gasteiger partial charge in [-0.3, -0.25) is 0 Å². The van der Waals surface area contributed by atoms with E-state index in [1.807, 2.05) is 6.07 Å². The van der Waals surface area contributed by atoms with Crippen LogP contribution >= 0.6 is 0 Å². The lowest BCUT2D eigenvalue weighted by molar-refractivity contribution is 0.0696. The van der Waals surface area contributed by atoms with Crippen molar-refractivity contribution in [3.8, 4) is 0 Å². The molecule has 7 heteroatoms. The molecule has 7 nitrogen and oxygen atoms in total. The lowest BCUT2D eigenvalue weighted by atomic mass is 9.94. The lowest BCUT2D eigenvalue weighted by Gasteiger charge is -2.17. The number of aromatic nitrogens is 4. The van der Waals surface area contributed by atoms with E-state index in [1.165, 1.54) is 0 Å². The van der Waals surface area contributed by atoms with Gasteiger partial charge in [0, 0.05) is 19.0 Å². The van der Waals surface area contributed by atoms with Gasteiger partial charge in [0.1, 0.15) is 0 Å². The van der Waals surface area contributed by atoms with Gasteiger partial charge in [-0.25, -0.2) is 9.48 Å². The molecule has 2 aromatic rings. The summed E-state index contributed by atoms with van der Waals surface area (Å²) >= 11 is 0. The molecule has 1 saturated carbocycles. The van der Waals surface area contributed by atoms with Gasteiger partial charge in [0.25, 0.3) is 0 Å². The van der Waals surface area contributed by atoms with Gasteiger partial charge in [-0.15, -0.1) is 0 Å². The van der Waals surface area contributed by atoms with Crippen molar-refractivity contribution in [3.05, 3.63) is 35.4 Å². The molecule has 0 amide bonds. The van der Waals surface area contributed by atoms with Gasteiger partial charge in [-0.1, -0.05) is 17.2 Å². The van der Waals surface area contributed by atoms with Gasteiger partial charge in [-0.05, 0) is 41.0 Å². The van der Waals surface area contributed by atoms with E-state index in [9.17, 15) is 4.79 Å². The van der Waals surface area contributed by atoms with E-state index in [4.69, 9.17) is 5.11 Å². The molecule has 1 aliphatic carbocycles. The molecule has 20 heavy (non-hydrogen) atoms. The Bertz CT molecular complexity index is 648. The Balaban J connectivity index is 1.77. The molecule has 0 aliphatic heterocycles. The van der Waals surface area contributed by atoms with Crippen LogP contribution in [0.1, 0.15) is 28.8 Å². The van der Waals surface area contributed by atoms with Gasteiger partial charge in [0.15, 0.2) is 0 Å². The molecule has 0 spiro atoms. The molecule has 1 fully saturated rings. The van der Waals surface area contributed by atoms with Gasteiger partial charge < -0.3 is 10.4 Å². The number of nitrogens with one attached hydrogen (secondary N) is 1. The van der Waals surface area contributed by atoms with Gasteiger partial charge in [0.2, 0.25) is 5.95 Å². The lowest BCUT2D eigenvalue weighted by Crippen LogP contribution is -2.21. The summed E-state index contributed by atoms with van der Waals surface area (Å²) in [6, 6.07) is 7.15. The maximum Gasteiger partial charge on any atom is 0.335 e. The fraction of sp³-hybridized carbons (Fsp3) is 0.385. The highest BCUT2D eigenvalue weighted by atomic mass is 16.4. The van der Waals surface area contributed by atoms with E-state index in [2.05, 4.69) is 20.8 Å². The van der Waals surface area contributed by atoms with Crippen molar-refractivity contribution >= 4 is 11.9 Å². The van der Waals surface area contributed by atoms with E-state index >= 15 is 0 Å². The first-order valence-corrected chi connectivity index (χ1v) is 6.41. The number of carboxylic acid groups (broad SMARTS) is 1. The number of carbonyl (C=O) groups is 1. The van der Waals surface area contributed by atoms with Crippen molar-refractivity contribution in [2.24, 2.45) is 7.05 Å². The summed E-state index contributed by atoms with van der Waals surface area (Å²) < 4.78 is 1.57. The Hall–Kier alpha value is -2.44. The zero-order valence-electron chi connectivity index (χ0n) is 11.1. The molecular weight excluding hydrogens is 258 g/mol. The monoisotopic (exact) mass is 273 g/mol. The summed E-state index contributed by atoms with van der Waals surface area (Å²) in [6.45, 7) is 0.699. The first-order valence-electron chi connectivity index (χ1n) is 6.41. The molecule has 0 saturated heterocycles. The maximum absolute atomic E-state index is 11.0. The smallest absolute Gasteiger partial charge is 0.335 e. The Labute approximate surface area is 115 Å². The summed E-state index contributed by atoms with van der Waals surface area (Å²) in [6.07, 6.45) is 2.07. The second kappa shape index (κ2) is 4.59. The number of anilines is 1. The number of aryl methyl sites for hydroxylation is 1. The molecule has 1 heterocycles. The average Bonchev–Trinajstić information content (AvgIpc) is 3.14. The third-order valence-electron chi connectivity index (χ3n) is 3.78. The first-order chi connectivity index (χ1) is 9.61. The number of aromatic carboxylic acids is 1. The van der Waals surface area contributed by atoms with Crippen molar-refractivity contribution in [1.29, 1.82) is 0 Å². The van der Waals surface area contributed by atoms with E-state index in [0.29, 0.717) is 18.1 Å². The number of tetrazole rings is 1. The maximum atomic E-state index is 11.0. The van der Waals surface area contributed by atoms with E-state index in [0.717, 1.165) is 18.4 Å². The molecule has 104 valence electrons. The van der Waals surface area contributed by atoms with Crippen LogP contribution < -0.4 is 5.32 Å². The second-order valence-corrected chi connectivity index (χ2v) is 5.15. The quantitative estimate of drug-likeness (QED) is 0.846. The van der Waals surface area contributed by atoms with E-state index in [-0.39, 0.29) is 5.41 Å². The molecule has 2 N–H and O–H groups in total. The van der Waals surface area contributed by atoms with Crippen LogP contribution in [0.5, 0.6) is 0 Å². The number of rotatable bonds is 5. The minimum Gasteiger partial charge on any atom is -0.478 e. The molecule has 0 unspecified atom stereocenters. The number of benzene rings is 1. The highest BCUT2D eigenvalue weighted by Gasteiger charge is 2.44. The van der Waals surface area contributed by atoms with Crippen LogP contribution in [0.2, 0.25) is 0 Å². The third kappa shape index (κ3) is 2.22. The Kier molecular flexibility index (Phi) is 2.89. The second-order valence-electron chi connectivity index (χ2n) is 5.15. The minimum atomic E-state index is -0.895. The summed E-state index contributed by atoms with van der Waals surface area (Å²) in [5.74, 6) is -0.279. The Morgan fingerprint density at radius 3 is 2.90 bits per heavy atom. The van der Waals surface area contributed by atoms with Gasteiger partial charge >= 0.3 is 5.97 Å². The van der Waals surface area contributed by atoms with Gasteiger partial charge in [-0.2, -0.15) is 0 Å². The molecule has 1 aromatic carbocycles. The van der Waals surface area contributed by atoms with E-state index < -0.39 is 5.97 Å². The van der Waals surface area contributed by atoms with Crippen LogP contribution in [0.4, 0.5) is 5.95 Å². The zero-order chi connectivity index (χ0) is 14.2. The normalized spacial score (nSPS) is 15.8. The SMILES string of the molecule is Cn1nnnc1NCC1(c2cccc(C(=O)O)c2)CC1. The summed E-state index contributed by atoms with van der Waals surface area (Å²) in [5.41, 5.74) is 1.38. The van der Waals surface area contributed by atoms with E-state index in [1.54, 1.807) is 29.9 Å². The number of hydrogen-bond donors (Lipinski definition) is 2. The van der Waals surface area contributed by atoms with Crippen molar-refractivity contribution in [3.63, 3.8) is 0 Å². The van der Waals surface area contributed by atoms with Crippen LogP contribution in [-0.4, -0.2) is 37.8 Å². The van der Waals surface area contributed by atoms with Crippen LogP contribution in [0, 0.1) is 0 Å². The molecule has 1 aromatic heterocycles. The zero-order valence-corrected chi connectivity index (χ0v) is 11.1. The van der Waals surface area contributed by atoms with Crippen LogP contribution in [0.15, 0.2) is 24.3 Å². The van der Waals surface area contributed by atoms with Crippen molar-refractivity contribution < 1.29 is 9.90 Å². The number of carboxylic acids is 1. The molecule has 0 bridgehead atoms. The topological polar surface area (TPSA) is 92.9 Å². The molecule has 1 aliphatic rings. The average molecular weight is 273 g/mol. The van der Waals surface area contributed by atoms with Crippen LogP contribution in [0.25, 0.3) is 0 Å². The van der Waals surface area contributed by atoms with Crippen molar-refractivity contribution in [1.82, 2.24) is 20.2 Å². The molecule has 3 rings (SSSR count). The minimum absolute atomic E-state index is 0.00257. The van der Waals surface area contributed by atoms with Crippen LogP contribution in [-0.2, 0) is 12.5 Å². The summed E-state index contributed by atoms with van der Waals surface area (Å²) in [5, 5.41) is 23.5. The Morgan fingerprint density at radius 1 is 1.50 bits per heavy atom. The number of hydrogen-bond acceptors (Lipinski definition) is 5. The highest BCUT2D eigenvalue weighted by molar-refractivity contribution is 5.87. The number of nitrogens with zero attached hydrogens (tertiary/aromatic N) is 4. The third-order valence-corrected chi connectivity index (χ3v) is 3.78. The standard InChI is InChI=1S/C13H15N5O2/c1-18-12(15-16-17-18)14-8-13(5-6-13)10-4-2-3-9(7-10)11(19)20/h2-4,7H,5-6,8H2,1H3,(H,19,20)(H,14,15,17). The fourth-order valence-corrected chi connectivity index (χ4v) is 2.33. The summed E-state index contributed by atoms with van der Waals surface area (Å²) in [4.78, 5) is 11.0.